The van der Waals surface area contributed by atoms with Crippen LogP contribution in [0.3, 0.4) is 0 Å². The minimum atomic E-state index is 0.629. The first-order valence-corrected chi connectivity index (χ1v) is 8.13. The van der Waals surface area contributed by atoms with E-state index in [9.17, 15) is 0 Å². The molecule has 1 heterocycles. The number of hydrogen-bond acceptors (Lipinski definition) is 1. The van der Waals surface area contributed by atoms with Crippen molar-refractivity contribution < 1.29 is 0 Å². The van der Waals surface area contributed by atoms with Crippen molar-refractivity contribution in [3.63, 3.8) is 0 Å². The van der Waals surface area contributed by atoms with Crippen LogP contribution in [-0.2, 0) is 0 Å². The van der Waals surface area contributed by atoms with E-state index < -0.39 is 0 Å². The Bertz CT molecular complexity index is 417. The number of nitrogens with one attached hydrogen (secondary N) is 1. The zero-order valence-electron chi connectivity index (χ0n) is 12.4. The van der Waals surface area contributed by atoms with Gasteiger partial charge in [-0.2, -0.15) is 0 Å². The summed E-state index contributed by atoms with van der Waals surface area (Å²) in [4.78, 5) is 0. The topological polar surface area (TPSA) is 12.0 Å². The highest BCUT2D eigenvalue weighted by atomic mass is 14.9. The van der Waals surface area contributed by atoms with E-state index in [-0.39, 0.29) is 0 Å². The van der Waals surface area contributed by atoms with Crippen LogP contribution in [-0.4, -0.2) is 6.04 Å². The molecule has 2 aliphatic rings. The molecule has 0 amide bonds. The van der Waals surface area contributed by atoms with Gasteiger partial charge in [-0.15, -0.1) is 0 Å². The molecule has 0 spiro atoms. The highest BCUT2D eigenvalue weighted by molar-refractivity contribution is 5.55. The van der Waals surface area contributed by atoms with Gasteiger partial charge in [-0.3, -0.25) is 0 Å². The Morgan fingerprint density at radius 2 is 1.84 bits per heavy atom. The molecule has 1 saturated carbocycles. The Morgan fingerprint density at radius 3 is 2.58 bits per heavy atom. The smallest absolute Gasteiger partial charge is 0.0377 e. The maximum absolute atomic E-state index is 3.65. The summed E-state index contributed by atoms with van der Waals surface area (Å²) in [7, 11) is 0. The van der Waals surface area contributed by atoms with Crippen LogP contribution in [0.4, 0.5) is 5.69 Å². The van der Waals surface area contributed by atoms with E-state index in [1.54, 1.807) is 5.56 Å². The fourth-order valence-corrected chi connectivity index (χ4v) is 4.23. The molecular weight excluding hydrogens is 230 g/mol. The quantitative estimate of drug-likeness (QED) is 0.768. The van der Waals surface area contributed by atoms with Crippen molar-refractivity contribution in [1.82, 2.24) is 0 Å². The Balaban J connectivity index is 1.78. The van der Waals surface area contributed by atoms with Crippen molar-refractivity contribution in [3.8, 4) is 0 Å². The molecule has 0 bridgehead atoms. The largest absolute Gasteiger partial charge is 0.382 e. The minimum absolute atomic E-state index is 0.629. The van der Waals surface area contributed by atoms with Gasteiger partial charge in [0, 0.05) is 11.7 Å². The molecule has 0 aromatic heterocycles. The van der Waals surface area contributed by atoms with Crippen molar-refractivity contribution in [2.75, 3.05) is 5.32 Å². The molecule has 3 rings (SSSR count). The average molecular weight is 257 g/mol. The number of para-hydroxylation sites is 1. The van der Waals surface area contributed by atoms with Crippen molar-refractivity contribution in [1.29, 1.82) is 0 Å². The molecule has 104 valence electrons. The predicted octanol–water partition coefficient (Wildman–Crippen LogP) is 5.19. The molecule has 2 unspecified atom stereocenters. The van der Waals surface area contributed by atoms with Gasteiger partial charge in [0.15, 0.2) is 0 Å². The Hall–Kier alpha value is -0.980. The molecule has 0 saturated heterocycles. The van der Waals surface area contributed by atoms with Crippen LogP contribution in [0.5, 0.6) is 0 Å². The van der Waals surface area contributed by atoms with Gasteiger partial charge in [0.2, 0.25) is 0 Å². The Labute approximate surface area is 117 Å². The molecule has 1 aromatic carbocycles. The molecule has 1 nitrogen and oxygen atoms in total. The molecule has 1 N–H and O–H groups in total. The third-order valence-electron chi connectivity index (χ3n) is 5.41. The third-order valence-corrected chi connectivity index (χ3v) is 5.41. The second-order valence-electron chi connectivity index (χ2n) is 6.66. The summed E-state index contributed by atoms with van der Waals surface area (Å²) in [5.41, 5.74) is 2.98. The van der Waals surface area contributed by atoms with Crippen LogP contribution in [0.2, 0.25) is 0 Å². The van der Waals surface area contributed by atoms with E-state index in [1.165, 1.54) is 44.2 Å². The van der Waals surface area contributed by atoms with E-state index in [0.717, 1.165) is 17.8 Å². The fraction of sp³-hybridized carbons (Fsp3) is 0.667. The molecule has 2 atom stereocenters. The highest BCUT2D eigenvalue weighted by Gasteiger charge is 2.32. The first kappa shape index (κ1) is 13.0. The van der Waals surface area contributed by atoms with Crippen molar-refractivity contribution in [2.24, 2.45) is 11.8 Å². The maximum Gasteiger partial charge on any atom is 0.0377 e. The van der Waals surface area contributed by atoms with E-state index in [4.69, 9.17) is 0 Å². The Morgan fingerprint density at radius 1 is 1.11 bits per heavy atom. The second kappa shape index (κ2) is 5.56. The van der Waals surface area contributed by atoms with Crippen LogP contribution in [0.1, 0.15) is 63.9 Å². The number of rotatable bonds is 2. The average Bonchev–Trinajstić information content (AvgIpc) is 2.46. The van der Waals surface area contributed by atoms with Crippen LogP contribution >= 0.6 is 0 Å². The number of hydrogen-bond donors (Lipinski definition) is 1. The molecule has 19 heavy (non-hydrogen) atoms. The summed E-state index contributed by atoms with van der Waals surface area (Å²) in [6.45, 7) is 4.69. The predicted molar refractivity (Wildman–Crippen MR) is 82.6 cm³/mol. The first-order chi connectivity index (χ1) is 9.28. The highest BCUT2D eigenvalue weighted by Crippen LogP contribution is 2.45. The lowest BCUT2D eigenvalue weighted by molar-refractivity contribution is 0.227. The summed E-state index contributed by atoms with van der Waals surface area (Å²) in [6.07, 6.45) is 8.52. The monoisotopic (exact) mass is 257 g/mol. The van der Waals surface area contributed by atoms with Gasteiger partial charge >= 0.3 is 0 Å². The lowest BCUT2D eigenvalue weighted by Gasteiger charge is -2.39. The first-order valence-electron chi connectivity index (χ1n) is 8.13. The van der Waals surface area contributed by atoms with Crippen molar-refractivity contribution in [3.05, 3.63) is 29.8 Å². The maximum atomic E-state index is 3.65. The van der Waals surface area contributed by atoms with Crippen molar-refractivity contribution in [2.45, 2.75) is 64.3 Å². The zero-order chi connectivity index (χ0) is 13.2. The number of anilines is 1. The summed E-state index contributed by atoms with van der Waals surface area (Å²) < 4.78 is 0. The standard InChI is InChI=1S/C18H27N/c1-3-14-8-10-15(11-9-14)17-12-13(2)19-18-7-5-4-6-16(17)18/h4-7,13-15,17,19H,3,8-12H2,1-2H3. The normalized spacial score (nSPS) is 34.4. The number of benzene rings is 1. The van der Waals surface area contributed by atoms with Gasteiger partial charge in [0.05, 0.1) is 0 Å². The van der Waals surface area contributed by atoms with Crippen LogP contribution in [0.25, 0.3) is 0 Å². The summed E-state index contributed by atoms with van der Waals surface area (Å²) in [6, 6.07) is 9.61. The van der Waals surface area contributed by atoms with Gasteiger partial charge in [0.1, 0.15) is 0 Å². The van der Waals surface area contributed by atoms with Crippen LogP contribution in [0, 0.1) is 11.8 Å². The summed E-state index contributed by atoms with van der Waals surface area (Å²) >= 11 is 0. The molecule has 1 aromatic rings. The number of fused-ring (bicyclic) bond motifs is 1. The lowest BCUT2D eigenvalue weighted by Crippen LogP contribution is -2.30. The van der Waals surface area contributed by atoms with E-state index in [2.05, 4.69) is 43.4 Å². The fourth-order valence-electron chi connectivity index (χ4n) is 4.23. The molecular formula is C18H27N. The van der Waals surface area contributed by atoms with Gasteiger partial charge in [0.25, 0.3) is 0 Å². The molecule has 0 radical (unpaired) electrons. The molecule has 1 aliphatic heterocycles. The second-order valence-corrected chi connectivity index (χ2v) is 6.66. The van der Waals surface area contributed by atoms with E-state index in [0.29, 0.717) is 6.04 Å². The molecule has 1 heteroatoms. The summed E-state index contributed by atoms with van der Waals surface area (Å²) in [5.74, 6) is 2.73. The van der Waals surface area contributed by atoms with Crippen LogP contribution in [0.15, 0.2) is 24.3 Å². The van der Waals surface area contributed by atoms with Gasteiger partial charge < -0.3 is 5.32 Å². The van der Waals surface area contributed by atoms with Gasteiger partial charge in [-0.25, -0.2) is 0 Å². The lowest BCUT2D eigenvalue weighted by atomic mass is 9.70. The van der Waals surface area contributed by atoms with Crippen molar-refractivity contribution >= 4 is 5.69 Å². The van der Waals surface area contributed by atoms with Crippen LogP contribution < -0.4 is 5.32 Å². The van der Waals surface area contributed by atoms with E-state index in [1.807, 2.05) is 0 Å². The minimum Gasteiger partial charge on any atom is -0.382 e. The molecule has 1 fully saturated rings. The third kappa shape index (κ3) is 2.66. The van der Waals surface area contributed by atoms with E-state index >= 15 is 0 Å². The summed E-state index contributed by atoms with van der Waals surface area (Å²) in [5, 5.41) is 3.65. The molecule has 1 aliphatic carbocycles. The Kier molecular flexibility index (Phi) is 3.81. The SMILES string of the molecule is CCC1CCC(C2CC(C)Nc3ccccc32)CC1. The zero-order valence-corrected chi connectivity index (χ0v) is 12.4. The van der Waals surface area contributed by atoms with Gasteiger partial charge in [-0.05, 0) is 55.6 Å². The van der Waals surface area contributed by atoms with Gasteiger partial charge in [-0.1, -0.05) is 44.4 Å².